The van der Waals surface area contributed by atoms with Crippen molar-refractivity contribution in [1.29, 1.82) is 0 Å². The van der Waals surface area contributed by atoms with Gasteiger partial charge in [0.15, 0.2) is 0 Å². The smallest absolute Gasteiger partial charge is 0.398 e. The average Bonchev–Trinajstić information content (AvgIpc) is 3.54. The molecule has 7 rings (SSSR count). The van der Waals surface area contributed by atoms with E-state index in [-0.39, 0.29) is 70.0 Å². The number of fused-ring (bicyclic) bond motifs is 1. The third-order valence-corrected chi connectivity index (χ3v) is 10.2. The Morgan fingerprint density at radius 2 is 1.84 bits per heavy atom. The van der Waals surface area contributed by atoms with Crippen molar-refractivity contribution >= 4 is 29.4 Å². The van der Waals surface area contributed by atoms with Gasteiger partial charge in [0.05, 0.1) is 46.2 Å². The number of aromatic carboxylic acids is 1. The molecular formula is C32H28ClF4N3O5. The lowest BCUT2D eigenvalue weighted by Gasteiger charge is -2.38. The van der Waals surface area contributed by atoms with Gasteiger partial charge in [0.2, 0.25) is 5.91 Å². The van der Waals surface area contributed by atoms with Crippen LogP contribution in [0.3, 0.4) is 0 Å². The molecular weight excluding hydrogens is 618 g/mol. The van der Waals surface area contributed by atoms with Crippen LogP contribution in [0.1, 0.15) is 63.2 Å². The lowest BCUT2D eigenvalue weighted by atomic mass is 9.84. The van der Waals surface area contributed by atoms with Crippen molar-refractivity contribution in [3.8, 4) is 11.3 Å². The van der Waals surface area contributed by atoms with Gasteiger partial charge in [-0.05, 0) is 61.9 Å². The largest absolute Gasteiger partial charge is 0.478 e. The molecule has 8 nitrogen and oxygen atoms in total. The summed E-state index contributed by atoms with van der Waals surface area (Å²) in [5, 5.41) is 13.6. The Bertz CT molecular complexity index is 1760. The number of aromatic nitrogens is 2. The minimum Gasteiger partial charge on any atom is -0.478 e. The molecule has 1 atom stereocenters. The van der Waals surface area contributed by atoms with Crippen molar-refractivity contribution in [2.24, 2.45) is 11.3 Å². The molecule has 2 aliphatic heterocycles. The first-order valence-electron chi connectivity index (χ1n) is 14.8. The van der Waals surface area contributed by atoms with Gasteiger partial charge in [0.1, 0.15) is 5.82 Å². The SMILES string of the molecule is O=C(O)c1ccc(-c2nn(C(=O)c3c(Cl)cccc3C3(C(F)(F)F)CC3)c3c2CC[C@H](C(=O)N2CCC4(COC4)C2)C3)c(F)c1. The second-order valence-electron chi connectivity index (χ2n) is 12.7. The van der Waals surface area contributed by atoms with E-state index in [1.807, 2.05) is 0 Å². The van der Waals surface area contributed by atoms with Gasteiger partial charge in [-0.2, -0.15) is 23.0 Å². The lowest BCUT2D eigenvalue weighted by Crippen LogP contribution is -2.46. The lowest BCUT2D eigenvalue weighted by molar-refractivity contribution is -0.160. The summed E-state index contributed by atoms with van der Waals surface area (Å²) in [6, 6.07) is 7.27. The number of ether oxygens (including phenoxy) is 1. The number of carbonyl (C=O) groups is 3. The standard InChI is InChI=1S/C32H28ClF4N3O5/c33-22-3-1-2-21(31(8-9-31)32(35,36)37)25(22)28(42)40-24-13-17(27(41)39-11-10-30(14-39)15-45-16-30)4-7-20(24)26(38-40)19-6-5-18(29(43)44)12-23(19)34/h1-3,5-6,12,17H,4,7-11,13-16H2,(H,43,44)/t17-/m0/s1. The molecule has 2 aromatic carbocycles. The highest BCUT2D eigenvalue weighted by Gasteiger charge is 2.65. The van der Waals surface area contributed by atoms with Crippen LogP contribution in [0.5, 0.6) is 0 Å². The number of likely N-dealkylation sites (tertiary alicyclic amines) is 1. The fraction of sp³-hybridized carbons (Fsp3) is 0.438. The molecule has 236 valence electrons. The van der Waals surface area contributed by atoms with Crippen molar-refractivity contribution in [2.75, 3.05) is 26.3 Å². The number of alkyl halides is 3. The van der Waals surface area contributed by atoms with Crippen LogP contribution in [0.4, 0.5) is 17.6 Å². The predicted molar refractivity (Wildman–Crippen MR) is 153 cm³/mol. The number of benzene rings is 2. The van der Waals surface area contributed by atoms with Gasteiger partial charge in [-0.3, -0.25) is 9.59 Å². The van der Waals surface area contributed by atoms with E-state index in [0.717, 1.165) is 17.2 Å². The van der Waals surface area contributed by atoms with Crippen LogP contribution < -0.4 is 0 Å². The minimum absolute atomic E-state index is 0.0300. The van der Waals surface area contributed by atoms with E-state index in [1.165, 1.54) is 30.3 Å². The van der Waals surface area contributed by atoms with Crippen LogP contribution in [0, 0.1) is 17.2 Å². The molecule has 45 heavy (non-hydrogen) atoms. The number of hydrogen-bond acceptors (Lipinski definition) is 5. The van der Waals surface area contributed by atoms with Crippen LogP contribution in [0.15, 0.2) is 36.4 Å². The Hall–Kier alpha value is -3.77. The van der Waals surface area contributed by atoms with Gasteiger partial charge in [-0.1, -0.05) is 23.7 Å². The first-order chi connectivity index (χ1) is 21.3. The second-order valence-corrected chi connectivity index (χ2v) is 13.1. The Morgan fingerprint density at radius 1 is 1.09 bits per heavy atom. The van der Waals surface area contributed by atoms with Crippen molar-refractivity contribution in [2.45, 2.75) is 50.1 Å². The maximum absolute atomic E-state index is 15.3. The molecule has 0 radical (unpaired) electrons. The normalized spacial score (nSPS) is 21.4. The molecule has 2 saturated heterocycles. The minimum atomic E-state index is -4.62. The highest BCUT2D eigenvalue weighted by atomic mass is 35.5. The maximum Gasteiger partial charge on any atom is 0.398 e. The monoisotopic (exact) mass is 645 g/mol. The summed E-state index contributed by atoms with van der Waals surface area (Å²) in [5.74, 6) is -3.73. The number of rotatable bonds is 5. The molecule has 1 aromatic heterocycles. The van der Waals surface area contributed by atoms with Crippen LogP contribution >= 0.6 is 11.6 Å². The Labute approximate surface area is 259 Å². The Morgan fingerprint density at radius 3 is 2.44 bits per heavy atom. The number of halogens is 5. The summed E-state index contributed by atoms with van der Waals surface area (Å²) in [5.41, 5.74) is -2.34. The predicted octanol–water partition coefficient (Wildman–Crippen LogP) is 5.68. The molecule has 1 amide bonds. The molecule has 1 N–H and O–H groups in total. The molecule has 1 saturated carbocycles. The van der Waals surface area contributed by atoms with E-state index < -0.39 is 35.2 Å². The number of hydrogen-bond donors (Lipinski definition) is 1. The van der Waals surface area contributed by atoms with Crippen LogP contribution in [0.25, 0.3) is 11.3 Å². The third-order valence-electron chi connectivity index (χ3n) is 9.89. The fourth-order valence-corrected chi connectivity index (χ4v) is 7.39. The molecule has 4 aliphatic rings. The van der Waals surface area contributed by atoms with E-state index in [1.54, 1.807) is 4.90 Å². The van der Waals surface area contributed by atoms with Crippen molar-refractivity contribution in [3.63, 3.8) is 0 Å². The molecule has 3 fully saturated rings. The summed E-state index contributed by atoms with van der Waals surface area (Å²) in [6.07, 6.45) is -3.47. The summed E-state index contributed by atoms with van der Waals surface area (Å²) in [7, 11) is 0. The summed E-state index contributed by atoms with van der Waals surface area (Å²) in [4.78, 5) is 41.2. The van der Waals surface area contributed by atoms with E-state index in [4.69, 9.17) is 16.3 Å². The summed E-state index contributed by atoms with van der Waals surface area (Å²) < 4.78 is 64.4. The van der Waals surface area contributed by atoms with E-state index in [0.29, 0.717) is 44.0 Å². The zero-order valence-corrected chi connectivity index (χ0v) is 24.7. The highest BCUT2D eigenvalue weighted by molar-refractivity contribution is 6.34. The number of carboxylic acids is 1. The number of carboxylic acid groups (broad SMARTS) is 1. The second kappa shape index (κ2) is 10.4. The average molecular weight is 646 g/mol. The molecule has 1 spiro atoms. The summed E-state index contributed by atoms with van der Waals surface area (Å²) in [6.45, 7) is 2.35. The third kappa shape index (κ3) is 4.75. The number of amides is 1. The van der Waals surface area contributed by atoms with Crippen LogP contribution in [-0.4, -0.2) is 70.1 Å². The topological polar surface area (TPSA) is 102 Å². The fourth-order valence-electron chi connectivity index (χ4n) is 7.13. The van der Waals surface area contributed by atoms with Gasteiger partial charge < -0.3 is 14.7 Å². The van der Waals surface area contributed by atoms with Gasteiger partial charge in [0.25, 0.3) is 5.91 Å². The summed E-state index contributed by atoms with van der Waals surface area (Å²) >= 11 is 6.43. The maximum atomic E-state index is 15.3. The molecule has 0 unspecified atom stereocenters. The van der Waals surface area contributed by atoms with E-state index >= 15 is 4.39 Å². The van der Waals surface area contributed by atoms with Gasteiger partial charge >= 0.3 is 12.1 Å². The molecule has 0 bridgehead atoms. The van der Waals surface area contributed by atoms with E-state index in [2.05, 4.69) is 5.10 Å². The highest BCUT2D eigenvalue weighted by Crippen LogP contribution is 2.60. The van der Waals surface area contributed by atoms with Crippen molar-refractivity contribution in [1.82, 2.24) is 14.7 Å². The molecule has 3 aromatic rings. The van der Waals surface area contributed by atoms with E-state index in [9.17, 15) is 32.7 Å². The number of nitrogens with zero attached hydrogens (tertiary/aromatic N) is 3. The van der Waals surface area contributed by atoms with Crippen molar-refractivity contribution < 1.29 is 41.8 Å². The molecule has 13 heteroatoms. The first kappa shape index (κ1) is 29.9. The number of carbonyl (C=O) groups excluding carboxylic acids is 2. The van der Waals surface area contributed by atoms with Gasteiger partial charge in [-0.25, -0.2) is 9.18 Å². The zero-order valence-electron chi connectivity index (χ0n) is 23.9. The van der Waals surface area contributed by atoms with Gasteiger partial charge in [0, 0.05) is 42.0 Å². The molecule has 2 aliphatic carbocycles. The first-order valence-corrected chi connectivity index (χ1v) is 15.1. The zero-order chi connectivity index (χ0) is 31.9. The molecule has 3 heterocycles. The van der Waals surface area contributed by atoms with Crippen LogP contribution in [0.2, 0.25) is 5.02 Å². The van der Waals surface area contributed by atoms with Gasteiger partial charge in [-0.15, -0.1) is 0 Å². The van der Waals surface area contributed by atoms with Crippen molar-refractivity contribution in [3.05, 3.63) is 75.2 Å². The Balaban J connectivity index is 1.32. The Kier molecular flexibility index (Phi) is 6.90. The van der Waals surface area contributed by atoms with Crippen LogP contribution in [-0.2, 0) is 27.8 Å². The quantitative estimate of drug-likeness (QED) is 0.359.